The maximum Gasteiger partial charge on any atom is 0.262 e. The van der Waals surface area contributed by atoms with Crippen LogP contribution in [-0.2, 0) is 13.2 Å². The Morgan fingerprint density at radius 3 is 2.05 bits per heavy atom. The summed E-state index contributed by atoms with van der Waals surface area (Å²) >= 11 is 3.76. The Kier molecular flexibility index (Phi) is 7.74. The molecule has 0 aliphatic carbocycles. The van der Waals surface area contributed by atoms with Gasteiger partial charge >= 0.3 is 0 Å². The fourth-order valence-electron chi connectivity index (χ4n) is 5.30. The number of ether oxygens (including phenoxy) is 2. The second kappa shape index (κ2) is 11.9. The third kappa shape index (κ3) is 5.43. The van der Waals surface area contributed by atoms with Crippen LogP contribution in [0.15, 0.2) is 132 Å². The number of halogens is 1. The molecular formula is C35H29BrN2O3. The van der Waals surface area contributed by atoms with Crippen molar-refractivity contribution < 1.29 is 14.3 Å². The summed E-state index contributed by atoms with van der Waals surface area (Å²) in [7, 11) is 1.64. The van der Waals surface area contributed by atoms with Gasteiger partial charge in [0.2, 0.25) is 0 Å². The predicted molar refractivity (Wildman–Crippen MR) is 167 cm³/mol. The standard InChI is InChI=1S/C35H29BrN2O3/c1-40-32-22-27(21-30(36)33(32)41-24-26-15-7-3-8-16-26)34-37(23-25-13-5-2-6-14-25)31-20-12-11-19-29(31)35(39)38(34)28-17-9-4-10-18-28/h2-22,34H,23-24H2,1H3/t34-/m1/s1. The van der Waals surface area contributed by atoms with Crippen LogP contribution in [0.5, 0.6) is 11.5 Å². The number of rotatable bonds is 8. The van der Waals surface area contributed by atoms with Crippen LogP contribution < -0.4 is 19.3 Å². The molecule has 1 heterocycles. The number of benzene rings is 5. The second-order valence-electron chi connectivity index (χ2n) is 9.82. The fourth-order valence-corrected chi connectivity index (χ4v) is 5.88. The van der Waals surface area contributed by atoms with E-state index in [-0.39, 0.29) is 5.91 Å². The Bertz CT molecular complexity index is 1650. The third-order valence-corrected chi connectivity index (χ3v) is 7.80. The van der Waals surface area contributed by atoms with Gasteiger partial charge in [-0.1, -0.05) is 91.0 Å². The minimum absolute atomic E-state index is 0.0550. The largest absolute Gasteiger partial charge is 0.493 e. The Morgan fingerprint density at radius 1 is 0.756 bits per heavy atom. The van der Waals surface area contributed by atoms with Crippen LogP contribution in [0.4, 0.5) is 11.4 Å². The average molecular weight is 606 g/mol. The monoisotopic (exact) mass is 604 g/mol. The van der Waals surface area contributed by atoms with Gasteiger partial charge in [-0.2, -0.15) is 0 Å². The Morgan fingerprint density at radius 2 is 1.37 bits per heavy atom. The van der Waals surface area contributed by atoms with Gasteiger partial charge in [-0.05, 0) is 63.5 Å². The molecule has 0 radical (unpaired) electrons. The van der Waals surface area contributed by atoms with Gasteiger partial charge in [0.1, 0.15) is 12.8 Å². The minimum atomic E-state index is -0.451. The maximum atomic E-state index is 14.2. The minimum Gasteiger partial charge on any atom is -0.493 e. The highest BCUT2D eigenvalue weighted by Crippen LogP contribution is 2.46. The van der Waals surface area contributed by atoms with E-state index in [2.05, 4.69) is 33.0 Å². The zero-order valence-corrected chi connectivity index (χ0v) is 24.2. The second-order valence-corrected chi connectivity index (χ2v) is 10.7. The summed E-state index contributed by atoms with van der Waals surface area (Å²) < 4.78 is 12.8. The van der Waals surface area contributed by atoms with E-state index in [0.29, 0.717) is 30.2 Å². The first-order valence-electron chi connectivity index (χ1n) is 13.5. The van der Waals surface area contributed by atoms with E-state index in [1.807, 2.05) is 120 Å². The normalized spacial score (nSPS) is 14.5. The Labute approximate surface area is 248 Å². The molecule has 1 aliphatic heterocycles. The first kappa shape index (κ1) is 26.7. The summed E-state index contributed by atoms with van der Waals surface area (Å²) in [5, 5.41) is 0. The number of anilines is 2. The molecule has 0 unspecified atom stereocenters. The highest BCUT2D eigenvalue weighted by molar-refractivity contribution is 9.10. The lowest BCUT2D eigenvalue weighted by Crippen LogP contribution is -2.49. The van der Waals surface area contributed by atoms with Gasteiger partial charge in [0.15, 0.2) is 11.5 Å². The summed E-state index contributed by atoms with van der Waals surface area (Å²) in [5.41, 5.74) is 5.46. The molecule has 0 fully saturated rings. The van der Waals surface area contributed by atoms with Crippen molar-refractivity contribution in [2.45, 2.75) is 19.3 Å². The van der Waals surface area contributed by atoms with Crippen LogP contribution in [0.2, 0.25) is 0 Å². The molecule has 1 amide bonds. The van der Waals surface area contributed by atoms with Gasteiger partial charge in [0.05, 0.1) is 22.8 Å². The molecule has 5 aromatic carbocycles. The SMILES string of the molecule is COc1cc([C@@H]2N(Cc3ccccc3)c3ccccc3C(=O)N2c2ccccc2)cc(Br)c1OCc1ccccc1. The van der Waals surface area contributed by atoms with Crippen molar-refractivity contribution in [3.63, 3.8) is 0 Å². The van der Waals surface area contributed by atoms with Crippen LogP contribution in [0, 0.1) is 0 Å². The lowest BCUT2D eigenvalue weighted by Gasteiger charge is -2.46. The number of para-hydroxylation sites is 2. The number of hydrogen-bond acceptors (Lipinski definition) is 4. The summed E-state index contributed by atoms with van der Waals surface area (Å²) in [4.78, 5) is 18.4. The number of nitrogens with zero attached hydrogens (tertiary/aromatic N) is 2. The highest BCUT2D eigenvalue weighted by atomic mass is 79.9. The number of amides is 1. The van der Waals surface area contributed by atoms with Crippen molar-refractivity contribution >= 4 is 33.2 Å². The van der Waals surface area contributed by atoms with E-state index < -0.39 is 6.17 Å². The molecule has 0 saturated carbocycles. The van der Waals surface area contributed by atoms with E-state index in [9.17, 15) is 4.79 Å². The van der Waals surface area contributed by atoms with Crippen LogP contribution in [0.25, 0.3) is 0 Å². The van der Waals surface area contributed by atoms with Crippen molar-refractivity contribution in [3.8, 4) is 11.5 Å². The van der Waals surface area contributed by atoms with Crippen molar-refractivity contribution in [2.75, 3.05) is 16.9 Å². The highest BCUT2D eigenvalue weighted by Gasteiger charge is 2.40. The van der Waals surface area contributed by atoms with Crippen molar-refractivity contribution in [1.82, 2.24) is 0 Å². The summed E-state index contributed by atoms with van der Waals surface area (Å²) in [5.74, 6) is 1.15. The van der Waals surface area contributed by atoms with Crippen molar-refractivity contribution in [2.24, 2.45) is 0 Å². The van der Waals surface area contributed by atoms with Crippen molar-refractivity contribution in [1.29, 1.82) is 0 Å². The average Bonchev–Trinajstić information content (AvgIpc) is 3.02. The van der Waals surface area contributed by atoms with Gasteiger partial charge in [0, 0.05) is 17.8 Å². The van der Waals surface area contributed by atoms with Crippen LogP contribution in [-0.4, -0.2) is 13.0 Å². The molecule has 0 bridgehead atoms. The summed E-state index contributed by atoms with van der Waals surface area (Å²) in [6.45, 7) is 1.01. The lowest BCUT2D eigenvalue weighted by molar-refractivity contribution is 0.0968. The van der Waals surface area contributed by atoms with E-state index in [4.69, 9.17) is 9.47 Å². The number of carbonyl (C=O) groups is 1. The van der Waals surface area contributed by atoms with Crippen LogP contribution in [0.3, 0.4) is 0 Å². The van der Waals surface area contributed by atoms with Gasteiger partial charge in [-0.15, -0.1) is 0 Å². The molecule has 5 nitrogen and oxygen atoms in total. The van der Waals surface area contributed by atoms with E-state index >= 15 is 0 Å². The Hall–Kier alpha value is -4.55. The maximum absolute atomic E-state index is 14.2. The quantitative estimate of drug-likeness (QED) is 0.178. The molecule has 1 aliphatic rings. The van der Waals surface area contributed by atoms with Crippen LogP contribution >= 0.6 is 15.9 Å². The third-order valence-electron chi connectivity index (χ3n) is 7.21. The first-order valence-corrected chi connectivity index (χ1v) is 14.3. The molecule has 6 heteroatoms. The summed E-state index contributed by atoms with van der Waals surface area (Å²) in [6.07, 6.45) is -0.451. The lowest BCUT2D eigenvalue weighted by atomic mass is 9.98. The molecule has 1 atom stereocenters. The van der Waals surface area contributed by atoms with E-state index in [1.165, 1.54) is 0 Å². The topological polar surface area (TPSA) is 42.0 Å². The molecule has 204 valence electrons. The van der Waals surface area contributed by atoms with Gasteiger partial charge in [-0.3, -0.25) is 9.69 Å². The number of fused-ring (bicyclic) bond motifs is 1. The number of hydrogen-bond donors (Lipinski definition) is 0. The van der Waals surface area contributed by atoms with Gasteiger partial charge in [-0.25, -0.2) is 0 Å². The number of carbonyl (C=O) groups excluding carboxylic acids is 1. The predicted octanol–water partition coefficient (Wildman–Crippen LogP) is 8.40. The zero-order chi connectivity index (χ0) is 28.2. The van der Waals surface area contributed by atoms with Gasteiger partial charge < -0.3 is 14.4 Å². The smallest absolute Gasteiger partial charge is 0.262 e. The molecule has 6 rings (SSSR count). The molecule has 0 aromatic heterocycles. The molecule has 5 aromatic rings. The molecule has 0 N–H and O–H groups in total. The molecular weight excluding hydrogens is 576 g/mol. The Balaban J connectivity index is 1.49. The first-order chi connectivity index (χ1) is 20.1. The van der Waals surface area contributed by atoms with E-state index in [0.717, 1.165) is 32.5 Å². The fraction of sp³-hybridized carbons (Fsp3) is 0.114. The zero-order valence-electron chi connectivity index (χ0n) is 22.6. The summed E-state index contributed by atoms with van der Waals surface area (Å²) in [6, 6.07) is 42.0. The molecule has 0 spiro atoms. The molecule has 0 saturated heterocycles. The number of methoxy groups -OCH3 is 1. The molecule has 41 heavy (non-hydrogen) atoms. The van der Waals surface area contributed by atoms with Crippen molar-refractivity contribution in [3.05, 3.63) is 154 Å². The van der Waals surface area contributed by atoms with Gasteiger partial charge in [0.25, 0.3) is 5.91 Å². The van der Waals surface area contributed by atoms with E-state index in [1.54, 1.807) is 7.11 Å². The van der Waals surface area contributed by atoms with Crippen LogP contribution in [0.1, 0.15) is 33.2 Å².